The number of hydrogen-bond acceptors (Lipinski definition) is 4. The van der Waals surface area contributed by atoms with Crippen molar-refractivity contribution in [3.8, 4) is 6.07 Å². The maximum Gasteiger partial charge on any atom is 0.253 e. The SMILES string of the molecule is CN(C(=O)c1ccc(C#N)cc1)[C@@H]1CNC[C@H]1O. The molecule has 1 fully saturated rings. The molecule has 5 heteroatoms. The smallest absolute Gasteiger partial charge is 0.253 e. The van der Waals surface area contributed by atoms with Gasteiger partial charge in [-0.25, -0.2) is 0 Å². The van der Waals surface area contributed by atoms with Gasteiger partial charge in [-0.1, -0.05) is 0 Å². The highest BCUT2D eigenvalue weighted by Crippen LogP contribution is 2.12. The second-order valence-corrected chi connectivity index (χ2v) is 4.40. The van der Waals surface area contributed by atoms with Crippen LogP contribution in [-0.4, -0.2) is 48.2 Å². The van der Waals surface area contributed by atoms with Crippen LogP contribution in [0.4, 0.5) is 0 Å². The molecule has 1 aromatic carbocycles. The number of carbonyl (C=O) groups excluding carboxylic acids is 1. The minimum absolute atomic E-state index is 0.146. The summed E-state index contributed by atoms with van der Waals surface area (Å²) in [7, 11) is 1.68. The summed E-state index contributed by atoms with van der Waals surface area (Å²) in [5, 5.41) is 21.5. The van der Waals surface area contributed by atoms with Crippen molar-refractivity contribution in [2.45, 2.75) is 12.1 Å². The van der Waals surface area contributed by atoms with E-state index in [0.29, 0.717) is 24.2 Å². The third kappa shape index (κ3) is 2.35. The van der Waals surface area contributed by atoms with Crippen LogP contribution in [0.15, 0.2) is 24.3 Å². The van der Waals surface area contributed by atoms with Crippen LogP contribution < -0.4 is 5.32 Å². The van der Waals surface area contributed by atoms with Gasteiger partial charge in [0, 0.05) is 25.7 Å². The summed E-state index contributed by atoms with van der Waals surface area (Å²) < 4.78 is 0. The number of aliphatic hydroxyl groups excluding tert-OH is 1. The Kier molecular flexibility index (Phi) is 3.60. The monoisotopic (exact) mass is 245 g/mol. The van der Waals surface area contributed by atoms with Crippen LogP contribution >= 0.6 is 0 Å². The molecule has 0 radical (unpaired) electrons. The van der Waals surface area contributed by atoms with E-state index in [1.807, 2.05) is 6.07 Å². The highest BCUT2D eigenvalue weighted by molar-refractivity contribution is 5.94. The molecule has 0 aromatic heterocycles. The van der Waals surface area contributed by atoms with Gasteiger partial charge in [-0.15, -0.1) is 0 Å². The Balaban J connectivity index is 2.12. The number of rotatable bonds is 2. The molecule has 2 N–H and O–H groups in total. The van der Waals surface area contributed by atoms with Crippen LogP contribution in [-0.2, 0) is 0 Å². The van der Waals surface area contributed by atoms with Gasteiger partial charge in [0.1, 0.15) is 0 Å². The third-order valence-corrected chi connectivity index (χ3v) is 3.23. The predicted molar refractivity (Wildman–Crippen MR) is 65.9 cm³/mol. The lowest BCUT2D eigenvalue weighted by atomic mass is 10.1. The average Bonchev–Trinajstić information content (AvgIpc) is 2.83. The number of likely N-dealkylation sites (N-methyl/N-ethyl adjacent to an activating group) is 1. The molecule has 18 heavy (non-hydrogen) atoms. The predicted octanol–water partition coefficient (Wildman–Crippen LogP) is -0.0370. The maximum atomic E-state index is 12.2. The average molecular weight is 245 g/mol. The highest BCUT2D eigenvalue weighted by atomic mass is 16.3. The van der Waals surface area contributed by atoms with Crippen molar-refractivity contribution >= 4 is 5.91 Å². The molecule has 1 saturated heterocycles. The number of nitrogens with zero attached hydrogens (tertiary/aromatic N) is 2. The van der Waals surface area contributed by atoms with Gasteiger partial charge in [-0.2, -0.15) is 5.26 Å². The molecule has 1 amide bonds. The first-order chi connectivity index (χ1) is 8.63. The van der Waals surface area contributed by atoms with E-state index in [2.05, 4.69) is 5.32 Å². The molecule has 0 bridgehead atoms. The van der Waals surface area contributed by atoms with E-state index in [1.54, 1.807) is 36.2 Å². The Morgan fingerprint density at radius 2 is 2.11 bits per heavy atom. The van der Waals surface area contributed by atoms with Crippen molar-refractivity contribution in [3.63, 3.8) is 0 Å². The number of benzene rings is 1. The fraction of sp³-hybridized carbons (Fsp3) is 0.385. The van der Waals surface area contributed by atoms with E-state index in [9.17, 15) is 9.90 Å². The van der Waals surface area contributed by atoms with Crippen molar-refractivity contribution in [1.29, 1.82) is 5.26 Å². The molecule has 0 spiro atoms. The molecule has 0 saturated carbocycles. The fourth-order valence-electron chi connectivity index (χ4n) is 2.09. The molecule has 0 aliphatic carbocycles. The van der Waals surface area contributed by atoms with E-state index < -0.39 is 6.10 Å². The summed E-state index contributed by atoms with van der Waals surface area (Å²) in [6.07, 6.45) is -0.530. The zero-order valence-electron chi connectivity index (χ0n) is 10.1. The summed E-state index contributed by atoms with van der Waals surface area (Å²) in [6.45, 7) is 1.11. The fourth-order valence-corrected chi connectivity index (χ4v) is 2.09. The minimum atomic E-state index is -0.530. The molecular formula is C13H15N3O2. The van der Waals surface area contributed by atoms with Gasteiger partial charge in [0.25, 0.3) is 5.91 Å². The summed E-state index contributed by atoms with van der Waals surface area (Å²) >= 11 is 0. The lowest BCUT2D eigenvalue weighted by Gasteiger charge is -2.26. The Hall–Kier alpha value is -1.90. The molecule has 1 aliphatic heterocycles. The van der Waals surface area contributed by atoms with E-state index >= 15 is 0 Å². The van der Waals surface area contributed by atoms with Crippen LogP contribution in [0.5, 0.6) is 0 Å². The van der Waals surface area contributed by atoms with Gasteiger partial charge in [0.2, 0.25) is 0 Å². The first-order valence-corrected chi connectivity index (χ1v) is 5.79. The Morgan fingerprint density at radius 3 is 2.61 bits per heavy atom. The van der Waals surface area contributed by atoms with Crippen molar-refractivity contribution in [2.75, 3.05) is 20.1 Å². The molecule has 2 rings (SSSR count). The van der Waals surface area contributed by atoms with Gasteiger partial charge in [0.05, 0.1) is 23.8 Å². The largest absolute Gasteiger partial charge is 0.390 e. The Bertz CT molecular complexity index is 478. The molecule has 1 heterocycles. The second kappa shape index (κ2) is 5.17. The van der Waals surface area contributed by atoms with E-state index in [-0.39, 0.29) is 11.9 Å². The highest BCUT2D eigenvalue weighted by Gasteiger charge is 2.31. The van der Waals surface area contributed by atoms with Crippen LogP contribution in [0.25, 0.3) is 0 Å². The summed E-state index contributed by atoms with van der Waals surface area (Å²) in [5.74, 6) is -0.146. The lowest BCUT2D eigenvalue weighted by molar-refractivity contribution is 0.0581. The van der Waals surface area contributed by atoms with E-state index in [1.165, 1.54) is 0 Å². The molecule has 5 nitrogen and oxygen atoms in total. The minimum Gasteiger partial charge on any atom is -0.390 e. The Morgan fingerprint density at radius 1 is 1.44 bits per heavy atom. The molecule has 2 atom stereocenters. The summed E-state index contributed by atoms with van der Waals surface area (Å²) in [6, 6.07) is 8.30. The maximum absolute atomic E-state index is 12.2. The zero-order valence-corrected chi connectivity index (χ0v) is 10.1. The molecular weight excluding hydrogens is 230 g/mol. The topological polar surface area (TPSA) is 76.4 Å². The van der Waals surface area contributed by atoms with Crippen LogP contribution in [0.3, 0.4) is 0 Å². The van der Waals surface area contributed by atoms with Crippen LogP contribution in [0, 0.1) is 11.3 Å². The van der Waals surface area contributed by atoms with Crippen molar-refractivity contribution < 1.29 is 9.90 Å². The summed E-state index contributed by atoms with van der Waals surface area (Å²) in [5.41, 5.74) is 1.05. The van der Waals surface area contributed by atoms with Gasteiger partial charge in [-0.05, 0) is 24.3 Å². The lowest BCUT2D eigenvalue weighted by Crippen LogP contribution is -2.44. The molecule has 1 aliphatic rings. The number of β-amino-alcohol motifs (C(OH)–C–C–N with tert-alkyl or cyclic N) is 1. The van der Waals surface area contributed by atoms with Gasteiger partial charge in [-0.3, -0.25) is 4.79 Å². The van der Waals surface area contributed by atoms with Crippen LogP contribution in [0.1, 0.15) is 15.9 Å². The molecule has 0 unspecified atom stereocenters. The van der Waals surface area contributed by atoms with Crippen molar-refractivity contribution in [1.82, 2.24) is 10.2 Å². The number of carbonyl (C=O) groups is 1. The van der Waals surface area contributed by atoms with E-state index in [0.717, 1.165) is 0 Å². The summed E-state index contributed by atoms with van der Waals surface area (Å²) in [4.78, 5) is 13.7. The second-order valence-electron chi connectivity index (χ2n) is 4.40. The first kappa shape index (κ1) is 12.6. The molecule has 1 aromatic rings. The number of amides is 1. The normalized spacial score (nSPS) is 22.5. The zero-order chi connectivity index (χ0) is 13.1. The Labute approximate surface area is 106 Å². The number of nitrogens with one attached hydrogen (secondary N) is 1. The van der Waals surface area contributed by atoms with Crippen LogP contribution in [0.2, 0.25) is 0 Å². The number of hydrogen-bond donors (Lipinski definition) is 2. The van der Waals surface area contributed by atoms with Gasteiger partial charge in [0.15, 0.2) is 0 Å². The standard InChI is InChI=1S/C13H15N3O2/c1-16(11-7-15-8-12(11)17)13(18)10-4-2-9(6-14)3-5-10/h2-5,11-12,15,17H,7-8H2,1H3/t11-,12-/m1/s1. The van der Waals surface area contributed by atoms with Crippen molar-refractivity contribution in [2.24, 2.45) is 0 Å². The quantitative estimate of drug-likeness (QED) is 0.766. The number of aliphatic hydroxyl groups is 1. The van der Waals surface area contributed by atoms with E-state index in [4.69, 9.17) is 5.26 Å². The van der Waals surface area contributed by atoms with Gasteiger partial charge >= 0.3 is 0 Å². The van der Waals surface area contributed by atoms with Crippen molar-refractivity contribution in [3.05, 3.63) is 35.4 Å². The first-order valence-electron chi connectivity index (χ1n) is 5.79. The molecule has 94 valence electrons. The number of nitriles is 1. The van der Waals surface area contributed by atoms with Gasteiger partial charge < -0.3 is 15.3 Å². The third-order valence-electron chi connectivity index (χ3n) is 3.23.